The van der Waals surface area contributed by atoms with Crippen LogP contribution in [0, 0.1) is 16.7 Å². The molecule has 0 aromatic rings. The maximum Gasteiger partial charge on any atom is -0.00577 e. The zero-order valence-corrected chi connectivity index (χ0v) is 10.9. The lowest BCUT2D eigenvalue weighted by molar-refractivity contribution is 0.157. The van der Waals surface area contributed by atoms with E-state index in [1.807, 2.05) is 0 Å². The third-order valence-electron chi connectivity index (χ3n) is 5.12. The molecule has 0 aromatic heterocycles. The Morgan fingerprint density at radius 1 is 1.20 bits per heavy atom. The summed E-state index contributed by atoms with van der Waals surface area (Å²) in [7, 11) is 0. The van der Waals surface area contributed by atoms with E-state index < -0.39 is 0 Å². The number of allylic oxidation sites excluding steroid dienone is 3. The van der Waals surface area contributed by atoms with Crippen LogP contribution in [0.2, 0.25) is 0 Å². The van der Waals surface area contributed by atoms with Gasteiger partial charge >= 0.3 is 0 Å². The Bertz CT molecular complexity index is 343. The lowest BCUT2D eigenvalue weighted by Gasteiger charge is -2.43. The number of hydrogen-bond acceptors (Lipinski definition) is 0. The first-order chi connectivity index (χ1) is 6.79. The van der Waals surface area contributed by atoms with Gasteiger partial charge in [0.05, 0.1) is 0 Å². The Balaban J connectivity index is 2.53. The number of fused-ring (bicyclic) bond motifs is 1. The lowest BCUT2D eigenvalue weighted by atomic mass is 9.62. The Morgan fingerprint density at radius 2 is 1.80 bits per heavy atom. The fourth-order valence-electron chi connectivity index (χ4n) is 4.11. The smallest absolute Gasteiger partial charge is 0.00577 e. The van der Waals surface area contributed by atoms with E-state index in [0.717, 1.165) is 5.92 Å². The van der Waals surface area contributed by atoms with Crippen molar-refractivity contribution in [3.05, 3.63) is 23.3 Å². The highest BCUT2D eigenvalue weighted by Crippen LogP contribution is 2.63. The fourth-order valence-corrected chi connectivity index (χ4v) is 4.11. The fraction of sp³-hybridized carbons (Fsp3) is 0.733. The van der Waals surface area contributed by atoms with Crippen molar-refractivity contribution in [1.82, 2.24) is 0 Å². The summed E-state index contributed by atoms with van der Waals surface area (Å²) in [5.41, 5.74) is 5.53. The van der Waals surface area contributed by atoms with E-state index in [4.69, 9.17) is 0 Å². The van der Waals surface area contributed by atoms with Gasteiger partial charge in [0.2, 0.25) is 0 Å². The molecule has 0 nitrogen and oxygen atoms in total. The number of hydrogen-bond donors (Lipinski definition) is 0. The first kappa shape index (κ1) is 11.0. The van der Waals surface area contributed by atoms with E-state index in [9.17, 15) is 0 Å². The Labute approximate surface area is 94.5 Å². The number of rotatable bonds is 0. The topological polar surface area (TPSA) is 0 Å². The summed E-state index contributed by atoms with van der Waals surface area (Å²) in [6.07, 6.45) is 3.88. The van der Waals surface area contributed by atoms with E-state index in [-0.39, 0.29) is 0 Å². The molecule has 1 saturated carbocycles. The molecule has 1 fully saturated rings. The van der Waals surface area contributed by atoms with Crippen molar-refractivity contribution in [1.29, 1.82) is 0 Å². The molecule has 0 heteroatoms. The van der Waals surface area contributed by atoms with E-state index in [1.165, 1.54) is 24.8 Å². The van der Waals surface area contributed by atoms with E-state index in [2.05, 4.69) is 41.2 Å². The summed E-state index contributed by atoms with van der Waals surface area (Å²) < 4.78 is 0. The third-order valence-corrected chi connectivity index (χ3v) is 5.12. The normalized spacial score (nSPS) is 39.5. The lowest BCUT2D eigenvalue weighted by Crippen LogP contribution is -2.34. The molecule has 2 rings (SSSR count). The highest BCUT2D eigenvalue weighted by molar-refractivity contribution is 5.33. The minimum atomic E-state index is 0.306. The van der Waals surface area contributed by atoms with Crippen LogP contribution in [0.25, 0.3) is 0 Å². The van der Waals surface area contributed by atoms with Gasteiger partial charge in [-0.15, -0.1) is 0 Å². The van der Waals surface area contributed by atoms with Gasteiger partial charge in [-0.05, 0) is 49.9 Å². The largest absolute Gasteiger partial charge is 0.0993 e. The van der Waals surface area contributed by atoms with Crippen LogP contribution in [-0.2, 0) is 0 Å². The van der Waals surface area contributed by atoms with Gasteiger partial charge in [-0.1, -0.05) is 44.1 Å². The molecule has 0 saturated heterocycles. The van der Waals surface area contributed by atoms with E-state index in [1.54, 1.807) is 11.1 Å². The Hall–Kier alpha value is -0.520. The average Bonchev–Trinajstić information content (AvgIpc) is 2.29. The Morgan fingerprint density at radius 3 is 2.40 bits per heavy atom. The molecule has 0 N–H and O–H groups in total. The maximum atomic E-state index is 4.31. The highest BCUT2D eigenvalue weighted by Gasteiger charge is 2.53. The van der Waals surface area contributed by atoms with Gasteiger partial charge in [0, 0.05) is 0 Å². The standard InChI is InChI=1S/C15H24/c1-10-7-8-15(6)9-11(2)14(4,5)13(15)12(10)3/h13H,2,7-9H2,1,3-6H3/t13-,15+/m1/s1. The van der Waals surface area contributed by atoms with Gasteiger partial charge in [0.1, 0.15) is 0 Å². The summed E-state index contributed by atoms with van der Waals surface area (Å²) in [6.45, 7) is 16.2. The molecule has 15 heavy (non-hydrogen) atoms. The van der Waals surface area contributed by atoms with Gasteiger partial charge < -0.3 is 0 Å². The molecule has 2 aliphatic carbocycles. The van der Waals surface area contributed by atoms with Crippen molar-refractivity contribution in [3.63, 3.8) is 0 Å². The third kappa shape index (κ3) is 1.33. The molecule has 2 atom stereocenters. The van der Waals surface area contributed by atoms with Crippen molar-refractivity contribution in [2.45, 2.75) is 53.9 Å². The maximum absolute atomic E-state index is 4.31. The molecular weight excluding hydrogens is 180 g/mol. The van der Waals surface area contributed by atoms with Gasteiger partial charge in [-0.25, -0.2) is 0 Å². The second-order valence-electron chi connectivity index (χ2n) is 6.55. The van der Waals surface area contributed by atoms with Crippen molar-refractivity contribution >= 4 is 0 Å². The summed E-state index contributed by atoms with van der Waals surface area (Å²) in [5, 5.41) is 0. The predicted molar refractivity (Wildman–Crippen MR) is 66.7 cm³/mol. The molecule has 84 valence electrons. The highest BCUT2D eigenvalue weighted by atomic mass is 14.6. The van der Waals surface area contributed by atoms with Crippen LogP contribution >= 0.6 is 0 Å². The molecule has 0 radical (unpaired) electrons. The van der Waals surface area contributed by atoms with Gasteiger partial charge in [0.25, 0.3) is 0 Å². The van der Waals surface area contributed by atoms with Crippen LogP contribution < -0.4 is 0 Å². The van der Waals surface area contributed by atoms with Crippen molar-refractivity contribution in [2.75, 3.05) is 0 Å². The van der Waals surface area contributed by atoms with Crippen LogP contribution in [0.15, 0.2) is 23.3 Å². The van der Waals surface area contributed by atoms with Crippen molar-refractivity contribution < 1.29 is 0 Å². The van der Waals surface area contributed by atoms with Crippen LogP contribution in [0.5, 0.6) is 0 Å². The minimum absolute atomic E-state index is 0.306. The van der Waals surface area contributed by atoms with Crippen LogP contribution in [0.4, 0.5) is 0 Å². The summed E-state index contributed by atoms with van der Waals surface area (Å²) in [6, 6.07) is 0. The Kier molecular flexibility index (Phi) is 2.19. The minimum Gasteiger partial charge on any atom is -0.0993 e. The van der Waals surface area contributed by atoms with Crippen molar-refractivity contribution in [2.24, 2.45) is 16.7 Å². The molecule has 0 heterocycles. The summed E-state index contributed by atoms with van der Waals surface area (Å²) in [4.78, 5) is 0. The molecule has 0 aromatic carbocycles. The van der Waals surface area contributed by atoms with E-state index in [0.29, 0.717) is 10.8 Å². The second-order valence-corrected chi connectivity index (χ2v) is 6.55. The van der Waals surface area contributed by atoms with Gasteiger partial charge in [-0.3, -0.25) is 0 Å². The summed E-state index contributed by atoms with van der Waals surface area (Å²) >= 11 is 0. The first-order valence-corrected chi connectivity index (χ1v) is 6.13. The molecule has 2 aliphatic rings. The van der Waals surface area contributed by atoms with Crippen molar-refractivity contribution in [3.8, 4) is 0 Å². The van der Waals surface area contributed by atoms with Crippen LogP contribution in [-0.4, -0.2) is 0 Å². The van der Waals surface area contributed by atoms with Crippen LogP contribution in [0.3, 0.4) is 0 Å². The molecule has 0 spiro atoms. The quantitative estimate of drug-likeness (QED) is 0.501. The van der Waals surface area contributed by atoms with Crippen LogP contribution in [0.1, 0.15) is 53.9 Å². The predicted octanol–water partition coefficient (Wildman–Crippen LogP) is 4.73. The molecule has 0 amide bonds. The van der Waals surface area contributed by atoms with Gasteiger partial charge in [-0.2, -0.15) is 0 Å². The molecule has 0 aliphatic heterocycles. The van der Waals surface area contributed by atoms with E-state index >= 15 is 0 Å². The van der Waals surface area contributed by atoms with Gasteiger partial charge in [0.15, 0.2) is 0 Å². The zero-order chi connectivity index (χ0) is 11.4. The first-order valence-electron chi connectivity index (χ1n) is 6.13. The monoisotopic (exact) mass is 204 g/mol. The molecular formula is C15H24. The molecule has 0 unspecified atom stereocenters. The average molecular weight is 204 g/mol. The zero-order valence-electron chi connectivity index (χ0n) is 10.9. The molecule has 0 bridgehead atoms. The summed E-state index contributed by atoms with van der Waals surface area (Å²) in [5.74, 6) is 0.728. The SMILES string of the molecule is C=C1C[C@]2(C)CCC(C)=C(C)[C@@H]2C1(C)C. The second kappa shape index (κ2) is 2.99.